The quantitative estimate of drug-likeness (QED) is 0.803. The van der Waals surface area contributed by atoms with Gasteiger partial charge in [-0.15, -0.1) is 0 Å². The minimum Gasteiger partial charge on any atom is -0.399 e. The van der Waals surface area contributed by atoms with Crippen LogP contribution < -0.4 is 11.1 Å². The van der Waals surface area contributed by atoms with Crippen LogP contribution in [0.3, 0.4) is 0 Å². The number of carbonyl (C=O) groups is 1. The highest BCUT2D eigenvalue weighted by molar-refractivity contribution is 5.76. The molecular formula is C15H19N3O. The number of benzene rings is 1. The van der Waals surface area contributed by atoms with Crippen LogP contribution in [0.25, 0.3) is 0 Å². The molecule has 0 unspecified atom stereocenters. The zero-order valence-corrected chi connectivity index (χ0v) is 11.1. The molecule has 0 aliphatic heterocycles. The summed E-state index contributed by atoms with van der Waals surface area (Å²) in [4.78, 5) is 11.7. The second-order valence-electron chi connectivity index (χ2n) is 4.63. The van der Waals surface area contributed by atoms with Gasteiger partial charge in [0, 0.05) is 31.0 Å². The Kier molecular flexibility index (Phi) is 4.23. The molecule has 1 aromatic carbocycles. The van der Waals surface area contributed by atoms with E-state index in [4.69, 9.17) is 5.73 Å². The Morgan fingerprint density at radius 1 is 1.26 bits per heavy atom. The molecule has 1 amide bonds. The Morgan fingerprint density at radius 3 is 2.63 bits per heavy atom. The minimum absolute atomic E-state index is 0.0676. The molecule has 2 rings (SSSR count). The van der Waals surface area contributed by atoms with Gasteiger partial charge in [-0.1, -0.05) is 12.1 Å². The molecule has 0 aliphatic carbocycles. The summed E-state index contributed by atoms with van der Waals surface area (Å²) in [5.74, 6) is 0.0676. The molecule has 0 saturated heterocycles. The number of nitrogen functional groups attached to an aromatic ring is 1. The highest BCUT2D eigenvalue weighted by Gasteiger charge is 2.03. The van der Waals surface area contributed by atoms with Crippen molar-refractivity contribution < 1.29 is 4.79 Å². The number of nitrogens with one attached hydrogen (secondary N) is 1. The normalized spacial score (nSPS) is 10.4. The number of carbonyl (C=O) groups excluding carboxylic acids is 1. The van der Waals surface area contributed by atoms with Crippen LogP contribution in [-0.4, -0.2) is 10.5 Å². The zero-order chi connectivity index (χ0) is 13.7. The first kappa shape index (κ1) is 13.2. The van der Waals surface area contributed by atoms with E-state index in [2.05, 4.69) is 5.32 Å². The monoisotopic (exact) mass is 257 g/mol. The van der Waals surface area contributed by atoms with Gasteiger partial charge >= 0.3 is 0 Å². The molecule has 100 valence electrons. The molecule has 1 aromatic heterocycles. The predicted octanol–water partition coefficient (Wildman–Crippen LogP) is 1.86. The predicted molar refractivity (Wildman–Crippen MR) is 76.4 cm³/mol. The first-order valence-electron chi connectivity index (χ1n) is 6.36. The van der Waals surface area contributed by atoms with E-state index in [-0.39, 0.29) is 5.91 Å². The third-order valence-electron chi connectivity index (χ3n) is 3.14. The topological polar surface area (TPSA) is 60.0 Å². The van der Waals surface area contributed by atoms with Crippen molar-refractivity contribution in [2.24, 2.45) is 7.05 Å². The zero-order valence-electron chi connectivity index (χ0n) is 11.1. The fourth-order valence-electron chi connectivity index (χ4n) is 1.90. The molecule has 0 aliphatic rings. The number of hydrogen-bond acceptors (Lipinski definition) is 2. The summed E-state index contributed by atoms with van der Waals surface area (Å²) in [5.41, 5.74) is 8.59. The van der Waals surface area contributed by atoms with Gasteiger partial charge in [0.1, 0.15) is 0 Å². The summed E-state index contributed by atoms with van der Waals surface area (Å²) < 4.78 is 2.00. The summed E-state index contributed by atoms with van der Waals surface area (Å²) in [6.07, 6.45) is 3.20. The molecule has 0 fully saturated rings. The smallest absolute Gasteiger partial charge is 0.220 e. The average molecular weight is 257 g/mol. The van der Waals surface area contributed by atoms with E-state index >= 15 is 0 Å². The van der Waals surface area contributed by atoms with Gasteiger partial charge in [0.05, 0.1) is 6.54 Å². The van der Waals surface area contributed by atoms with Crippen molar-refractivity contribution in [1.29, 1.82) is 0 Å². The lowest BCUT2D eigenvalue weighted by Gasteiger charge is -2.06. The largest absolute Gasteiger partial charge is 0.399 e. The highest BCUT2D eigenvalue weighted by Crippen LogP contribution is 2.07. The third-order valence-corrected chi connectivity index (χ3v) is 3.14. The Bertz CT molecular complexity index is 543. The lowest BCUT2D eigenvalue weighted by atomic mass is 10.1. The molecule has 3 N–H and O–H groups in total. The second-order valence-corrected chi connectivity index (χ2v) is 4.63. The van der Waals surface area contributed by atoms with Crippen LogP contribution in [0.15, 0.2) is 42.6 Å². The van der Waals surface area contributed by atoms with Crippen molar-refractivity contribution >= 4 is 11.6 Å². The van der Waals surface area contributed by atoms with E-state index in [9.17, 15) is 4.79 Å². The van der Waals surface area contributed by atoms with E-state index < -0.39 is 0 Å². The van der Waals surface area contributed by atoms with Crippen LogP contribution >= 0.6 is 0 Å². The molecule has 4 heteroatoms. The number of rotatable bonds is 5. The third kappa shape index (κ3) is 3.88. The first-order chi connectivity index (χ1) is 9.15. The fourth-order valence-corrected chi connectivity index (χ4v) is 1.90. The fraction of sp³-hybridized carbons (Fsp3) is 0.267. The van der Waals surface area contributed by atoms with Crippen LogP contribution in [0.4, 0.5) is 5.69 Å². The molecule has 0 bridgehead atoms. The maximum absolute atomic E-state index is 11.7. The summed E-state index contributed by atoms with van der Waals surface area (Å²) in [7, 11) is 1.97. The SMILES string of the molecule is Cn1cccc1CNC(=O)CCc1ccc(N)cc1. The summed E-state index contributed by atoms with van der Waals surface area (Å²) in [6.45, 7) is 0.573. The van der Waals surface area contributed by atoms with Gasteiger partial charge < -0.3 is 15.6 Å². The number of amides is 1. The van der Waals surface area contributed by atoms with Crippen molar-refractivity contribution in [3.63, 3.8) is 0 Å². The molecule has 19 heavy (non-hydrogen) atoms. The van der Waals surface area contributed by atoms with E-state index in [1.807, 2.05) is 54.2 Å². The Balaban J connectivity index is 1.76. The molecule has 0 atom stereocenters. The maximum Gasteiger partial charge on any atom is 0.220 e. The number of aromatic nitrogens is 1. The average Bonchev–Trinajstić information content (AvgIpc) is 2.81. The van der Waals surface area contributed by atoms with Gasteiger partial charge in [0.25, 0.3) is 0 Å². The van der Waals surface area contributed by atoms with Gasteiger partial charge in [-0.2, -0.15) is 0 Å². The molecule has 4 nitrogen and oxygen atoms in total. The molecule has 2 aromatic rings. The van der Waals surface area contributed by atoms with Crippen LogP contribution in [0.5, 0.6) is 0 Å². The molecular weight excluding hydrogens is 238 g/mol. The van der Waals surface area contributed by atoms with E-state index in [0.717, 1.165) is 23.4 Å². The number of nitrogens with zero attached hydrogens (tertiary/aromatic N) is 1. The van der Waals surface area contributed by atoms with Gasteiger partial charge in [-0.25, -0.2) is 0 Å². The maximum atomic E-state index is 11.7. The van der Waals surface area contributed by atoms with Crippen LogP contribution in [0.2, 0.25) is 0 Å². The Hall–Kier alpha value is -2.23. The standard InChI is InChI=1S/C15H19N3O/c1-18-10-2-3-14(18)11-17-15(19)9-6-12-4-7-13(16)8-5-12/h2-5,7-8,10H,6,9,11,16H2,1H3,(H,17,19). The van der Waals surface area contributed by atoms with Crippen molar-refractivity contribution in [3.8, 4) is 0 Å². The number of hydrogen-bond donors (Lipinski definition) is 2. The summed E-state index contributed by atoms with van der Waals surface area (Å²) >= 11 is 0. The van der Waals surface area contributed by atoms with Gasteiger partial charge in [-0.05, 0) is 36.2 Å². The van der Waals surface area contributed by atoms with E-state index in [1.165, 1.54) is 0 Å². The number of aryl methyl sites for hydroxylation is 2. The number of anilines is 1. The van der Waals surface area contributed by atoms with Gasteiger partial charge in [-0.3, -0.25) is 4.79 Å². The van der Waals surface area contributed by atoms with Crippen molar-refractivity contribution in [2.45, 2.75) is 19.4 Å². The van der Waals surface area contributed by atoms with Crippen LogP contribution in [0.1, 0.15) is 17.7 Å². The van der Waals surface area contributed by atoms with Crippen LogP contribution in [0, 0.1) is 0 Å². The molecule has 1 heterocycles. The Morgan fingerprint density at radius 2 is 2.00 bits per heavy atom. The van der Waals surface area contributed by atoms with Crippen LogP contribution in [-0.2, 0) is 24.8 Å². The van der Waals surface area contributed by atoms with Crippen molar-refractivity contribution in [3.05, 3.63) is 53.9 Å². The van der Waals surface area contributed by atoms with E-state index in [1.54, 1.807) is 0 Å². The lowest BCUT2D eigenvalue weighted by Crippen LogP contribution is -2.24. The molecule has 0 radical (unpaired) electrons. The lowest BCUT2D eigenvalue weighted by molar-refractivity contribution is -0.121. The van der Waals surface area contributed by atoms with Crippen molar-refractivity contribution in [2.75, 3.05) is 5.73 Å². The van der Waals surface area contributed by atoms with Crippen molar-refractivity contribution in [1.82, 2.24) is 9.88 Å². The van der Waals surface area contributed by atoms with E-state index in [0.29, 0.717) is 13.0 Å². The Labute approximate surface area is 113 Å². The minimum atomic E-state index is 0.0676. The second kappa shape index (κ2) is 6.09. The number of nitrogens with two attached hydrogens (primary N) is 1. The van der Waals surface area contributed by atoms with Gasteiger partial charge in [0.2, 0.25) is 5.91 Å². The summed E-state index contributed by atoms with van der Waals surface area (Å²) in [5, 5.41) is 2.92. The molecule has 0 spiro atoms. The van der Waals surface area contributed by atoms with Gasteiger partial charge in [0.15, 0.2) is 0 Å². The first-order valence-corrected chi connectivity index (χ1v) is 6.36. The summed E-state index contributed by atoms with van der Waals surface area (Å²) in [6, 6.07) is 11.6. The highest BCUT2D eigenvalue weighted by atomic mass is 16.1. The molecule has 0 saturated carbocycles.